The van der Waals surface area contributed by atoms with Crippen molar-refractivity contribution in [2.75, 3.05) is 5.01 Å². The van der Waals surface area contributed by atoms with Gasteiger partial charge in [0, 0.05) is 0 Å². The Morgan fingerprint density at radius 2 is 1.23 bits per heavy atom. The molecule has 0 aromatic heterocycles. The molecule has 108 valence electrons. The standard InChI is InChI=1S/C20H18N2/c1-4-10-18(11-5-1)16-21-22(20-14-8-3-9-15-20)17-19-12-6-2-7-13-19/h1-16H,17H2/b21-16-. The monoisotopic (exact) mass is 286 g/mol. The van der Waals surface area contributed by atoms with Crippen LogP contribution in [0.4, 0.5) is 5.69 Å². The lowest BCUT2D eigenvalue weighted by Gasteiger charge is -2.19. The molecule has 22 heavy (non-hydrogen) atoms. The smallest absolute Gasteiger partial charge is 0.0666 e. The number of hydrogen-bond acceptors (Lipinski definition) is 2. The summed E-state index contributed by atoms with van der Waals surface area (Å²) in [5, 5.41) is 6.68. The molecule has 3 aromatic carbocycles. The van der Waals surface area contributed by atoms with Gasteiger partial charge < -0.3 is 0 Å². The largest absolute Gasteiger partial charge is 0.261 e. The van der Waals surface area contributed by atoms with Crippen molar-refractivity contribution in [2.24, 2.45) is 5.10 Å². The summed E-state index contributed by atoms with van der Waals surface area (Å²) < 4.78 is 0. The number of rotatable bonds is 5. The Bertz CT molecular complexity index is 706. The lowest BCUT2D eigenvalue weighted by molar-refractivity contribution is 0.858. The van der Waals surface area contributed by atoms with Gasteiger partial charge in [-0.05, 0) is 23.3 Å². The fourth-order valence-electron chi connectivity index (χ4n) is 2.23. The van der Waals surface area contributed by atoms with Crippen LogP contribution < -0.4 is 5.01 Å². The average molecular weight is 286 g/mol. The van der Waals surface area contributed by atoms with Gasteiger partial charge in [-0.3, -0.25) is 5.01 Å². The van der Waals surface area contributed by atoms with Gasteiger partial charge in [0.15, 0.2) is 0 Å². The molecule has 0 unspecified atom stereocenters. The summed E-state index contributed by atoms with van der Waals surface area (Å²) >= 11 is 0. The summed E-state index contributed by atoms with van der Waals surface area (Å²) in [5.41, 5.74) is 3.41. The van der Waals surface area contributed by atoms with Gasteiger partial charge in [0.25, 0.3) is 0 Å². The molecule has 0 aliphatic heterocycles. The summed E-state index contributed by atoms with van der Waals surface area (Å²) in [6.45, 7) is 0.744. The van der Waals surface area contributed by atoms with E-state index in [2.05, 4.69) is 53.6 Å². The molecule has 0 saturated carbocycles. The summed E-state index contributed by atoms with van der Waals surface area (Å²) in [6, 6.07) is 30.8. The van der Waals surface area contributed by atoms with Crippen LogP contribution in [0.15, 0.2) is 96.1 Å². The summed E-state index contributed by atoms with van der Waals surface area (Å²) in [4.78, 5) is 0. The van der Waals surface area contributed by atoms with Gasteiger partial charge in [0.2, 0.25) is 0 Å². The number of anilines is 1. The van der Waals surface area contributed by atoms with Crippen LogP contribution >= 0.6 is 0 Å². The molecule has 3 rings (SSSR count). The van der Waals surface area contributed by atoms with Crippen molar-refractivity contribution < 1.29 is 0 Å². The Hall–Kier alpha value is -2.87. The first-order chi connectivity index (χ1) is 10.9. The van der Waals surface area contributed by atoms with Gasteiger partial charge in [-0.2, -0.15) is 5.10 Å². The van der Waals surface area contributed by atoms with Crippen LogP contribution in [0, 0.1) is 0 Å². The number of benzene rings is 3. The molecule has 2 heteroatoms. The molecular weight excluding hydrogens is 268 g/mol. The van der Waals surface area contributed by atoms with Crippen molar-refractivity contribution in [3.63, 3.8) is 0 Å². The van der Waals surface area contributed by atoms with E-state index >= 15 is 0 Å². The van der Waals surface area contributed by atoms with E-state index in [9.17, 15) is 0 Å². The predicted molar refractivity (Wildman–Crippen MR) is 93.1 cm³/mol. The van der Waals surface area contributed by atoms with Crippen LogP contribution in [0.1, 0.15) is 11.1 Å². The molecule has 3 aromatic rings. The Morgan fingerprint density at radius 3 is 1.86 bits per heavy atom. The van der Waals surface area contributed by atoms with E-state index in [4.69, 9.17) is 0 Å². The topological polar surface area (TPSA) is 15.6 Å². The van der Waals surface area contributed by atoms with Crippen LogP contribution in [0.25, 0.3) is 0 Å². The zero-order valence-corrected chi connectivity index (χ0v) is 12.3. The fourth-order valence-corrected chi connectivity index (χ4v) is 2.23. The van der Waals surface area contributed by atoms with Gasteiger partial charge in [-0.15, -0.1) is 0 Å². The first-order valence-electron chi connectivity index (χ1n) is 7.37. The van der Waals surface area contributed by atoms with E-state index < -0.39 is 0 Å². The second-order valence-electron chi connectivity index (χ2n) is 5.03. The van der Waals surface area contributed by atoms with Gasteiger partial charge in [-0.1, -0.05) is 78.9 Å². The van der Waals surface area contributed by atoms with E-state index in [1.807, 2.05) is 53.7 Å². The highest BCUT2D eigenvalue weighted by molar-refractivity contribution is 5.80. The zero-order valence-electron chi connectivity index (χ0n) is 12.3. The molecule has 0 heterocycles. The first kappa shape index (κ1) is 14.1. The van der Waals surface area contributed by atoms with Crippen molar-refractivity contribution in [1.29, 1.82) is 0 Å². The van der Waals surface area contributed by atoms with Crippen molar-refractivity contribution in [3.8, 4) is 0 Å². The third-order valence-corrected chi connectivity index (χ3v) is 3.38. The van der Waals surface area contributed by atoms with Crippen molar-refractivity contribution in [3.05, 3.63) is 102 Å². The third kappa shape index (κ3) is 3.83. The van der Waals surface area contributed by atoms with E-state index in [0.717, 1.165) is 17.8 Å². The van der Waals surface area contributed by atoms with Gasteiger partial charge in [-0.25, -0.2) is 0 Å². The van der Waals surface area contributed by atoms with Crippen LogP contribution in [-0.2, 0) is 6.54 Å². The molecule has 0 atom stereocenters. The van der Waals surface area contributed by atoms with Gasteiger partial charge in [0.1, 0.15) is 0 Å². The quantitative estimate of drug-likeness (QED) is 0.489. The Kier molecular flexibility index (Phi) is 4.63. The van der Waals surface area contributed by atoms with Crippen molar-refractivity contribution >= 4 is 11.9 Å². The Morgan fingerprint density at radius 1 is 0.682 bits per heavy atom. The maximum absolute atomic E-state index is 4.67. The molecule has 2 nitrogen and oxygen atoms in total. The number of para-hydroxylation sites is 1. The van der Waals surface area contributed by atoms with Crippen LogP contribution in [-0.4, -0.2) is 6.21 Å². The van der Waals surface area contributed by atoms with Crippen molar-refractivity contribution in [1.82, 2.24) is 0 Å². The molecular formula is C20H18N2. The summed E-state index contributed by atoms with van der Waals surface area (Å²) in [5.74, 6) is 0. The van der Waals surface area contributed by atoms with Crippen LogP contribution in [0.5, 0.6) is 0 Å². The molecule has 0 fully saturated rings. The predicted octanol–water partition coefficient (Wildman–Crippen LogP) is 4.73. The second kappa shape index (κ2) is 7.23. The highest BCUT2D eigenvalue weighted by atomic mass is 15.4. The molecule has 0 saturated heterocycles. The van der Waals surface area contributed by atoms with Gasteiger partial charge in [0.05, 0.1) is 18.4 Å². The lowest BCUT2D eigenvalue weighted by atomic mass is 10.2. The number of nitrogens with zero attached hydrogens (tertiary/aromatic N) is 2. The first-order valence-corrected chi connectivity index (χ1v) is 7.37. The molecule has 0 amide bonds. The highest BCUT2D eigenvalue weighted by Gasteiger charge is 2.04. The maximum atomic E-state index is 4.67. The van der Waals surface area contributed by atoms with E-state index in [0.29, 0.717) is 0 Å². The normalized spacial score (nSPS) is 10.7. The van der Waals surface area contributed by atoms with E-state index in [-0.39, 0.29) is 0 Å². The molecule has 0 bridgehead atoms. The minimum absolute atomic E-state index is 0.744. The summed E-state index contributed by atoms with van der Waals surface area (Å²) in [7, 11) is 0. The SMILES string of the molecule is C(=N/N(Cc1ccccc1)c1ccccc1)/c1ccccc1. The molecule has 0 spiro atoms. The average Bonchev–Trinajstić information content (AvgIpc) is 2.61. The van der Waals surface area contributed by atoms with Gasteiger partial charge >= 0.3 is 0 Å². The van der Waals surface area contributed by atoms with E-state index in [1.54, 1.807) is 0 Å². The number of hydrazone groups is 1. The van der Waals surface area contributed by atoms with Crippen LogP contribution in [0.2, 0.25) is 0 Å². The third-order valence-electron chi connectivity index (χ3n) is 3.38. The number of hydrogen-bond donors (Lipinski definition) is 0. The van der Waals surface area contributed by atoms with Crippen LogP contribution in [0.3, 0.4) is 0 Å². The zero-order chi connectivity index (χ0) is 15.0. The fraction of sp³-hybridized carbons (Fsp3) is 0.0500. The second-order valence-corrected chi connectivity index (χ2v) is 5.03. The summed E-state index contributed by atoms with van der Waals surface area (Å²) in [6.07, 6.45) is 1.90. The Balaban J connectivity index is 1.85. The molecule has 0 radical (unpaired) electrons. The minimum atomic E-state index is 0.744. The lowest BCUT2D eigenvalue weighted by Crippen LogP contribution is -2.15. The molecule has 0 aliphatic rings. The minimum Gasteiger partial charge on any atom is -0.261 e. The molecule has 0 N–H and O–H groups in total. The highest BCUT2D eigenvalue weighted by Crippen LogP contribution is 2.17. The Labute approximate surface area is 131 Å². The van der Waals surface area contributed by atoms with E-state index in [1.165, 1.54) is 5.56 Å². The maximum Gasteiger partial charge on any atom is 0.0666 e. The van der Waals surface area contributed by atoms with Crippen molar-refractivity contribution in [2.45, 2.75) is 6.54 Å². The molecule has 0 aliphatic carbocycles.